The molecule has 2 atom stereocenters. The van der Waals surface area contributed by atoms with Gasteiger partial charge in [-0.2, -0.15) is 0 Å². The summed E-state index contributed by atoms with van der Waals surface area (Å²) >= 11 is 0. The van der Waals surface area contributed by atoms with Crippen molar-refractivity contribution in [3.8, 4) is 11.5 Å². The van der Waals surface area contributed by atoms with Crippen LogP contribution >= 0.6 is 0 Å². The summed E-state index contributed by atoms with van der Waals surface area (Å²) in [7, 11) is -5.90. The molecule has 0 aromatic heterocycles. The molecule has 0 N–H and O–H groups in total. The van der Waals surface area contributed by atoms with E-state index in [2.05, 4.69) is 292 Å². The molecule has 3 nitrogen and oxygen atoms in total. The van der Waals surface area contributed by atoms with E-state index >= 15 is 0 Å². The van der Waals surface area contributed by atoms with E-state index in [1.54, 1.807) is 0 Å². The molecule has 4 bridgehead atoms. The highest BCUT2D eigenvalue weighted by Crippen LogP contribution is 2.47. The van der Waals surface area contributed by atoms with Crippen LogP contribution in [0.15, 0.2) is 255 Å². The van der Waals surface area contributed by atoms with Crippen molar-refractivity contribution < 1.29 is 4.74 Å². The average Bonchev–Trinajstić information content (AvgIpc) is 3.37. The Hall–Kier alpha value is -8.68. The highest BCUT2D eigenvalue weighted by atomic mass is 28.3. The lowest BCUT2D eigenvalue weighted by atomic mass is 9.33. The van der Waals surface area contributed by atoms with Crippen LogP contribution in [0.4, 0.5) is 34.1 Å². The number of benzene rings is 11. The normalized spacial score (nSPS) is 16.9. The van der Waals surface area contributed by atoms with Crippen molar-refractivity contribution in [3.05, 3.63) is 283 Å². The summed E-state index contributed by atoms with van der Waals surface area (Å²) in [4.78, 5) is 5.31. The molecule has 16 rings (SSSR count). The Labute approximate surface area is 466 Å². The number of rotatable bonds is 5. The van der Waals surface area contributed by atoms with Gasteiger partial charge in [0.15, 0.2) is 16.1 Å². The van der Waals surface area contributed by atoms with Crippen molar-refractivity contribution in [1.29, 1.82) is 0 Å². The zero-order valence-corrected chi connectivity index (χ0v) is 46.9. The van der Waals surface area contributed by atoms with Gasteiger partial charge in [-0.1, -0.05) is 239 Å². The second kappa shape index (κ2) is 17.4. The third kappa shape index (κ3) is 6.30. The molecule has 5 aliphatic rings. The molecule has 2 unspecified atom stereocenters. The van der Waals surface area contributed by atoms with Crippen molar-refractivity contribution in [1.82, 2.24) is 0 Å². The van der Waals surface area contributed by atoms with Crippen LogP contribution in [0.3, 0.4) is 0 Å². The first-order valence-corrected chi connectivity index (χ1v) is 32.3. The van der Waals surface area contributed by atoms with Crippen molar-refractivity contribution in [2.75, 3.05) is 9.80 Å². The fraction of sp³-hybridized carbons (Fsp3) is 0.0959. The Kier molecular flexibility index (Phi) is 10.2. The fourth-order valence-electron chi connectivity index (χ4n) is 15.2. The van der Waals surface area contributed by atoms with E-state index in [1.807, 2.05) is 0 Å². The summed E-state index contributed by atoms with van der Waals surface area (Å²) in [5, 5.41) is 11.1. The average molecular weight is 1050 g/mol. The summed E-state index contributed by atoms with van der Waals surface area (Å²) in [6.45, 7) is 9.49. The van der Waals surface area contributed by atoms with E-state index in [0.717, 1.165) is 22.9 Å². The van der Waals surface area contributed by atoms with Crippen LogP contribution in [-0.4, -0.2) is 22.9 Å². The molecule has 11 aromatic carbocycles. The third-order valence-electron chi connectivity index (χ3n) is 18.8. The first-order chi connectivity index (χ1) is 38.9. The smallest absolute Gasteiger partial charge is 0.257 e. The lowest BCUT2D eigenvalue weighted by Gasteiger charge is -2.48. The van der Waals surface area contributed by atoms with Gasteiger partial charge in [0.25, 0.3) is 6.71 Å². The van der Waals surface area contributed by atoms with Crippen LogP contribution in [-0.2, 0) is 0 Å². The first kappa shape index (κ1) is 46.4. The number of hydrogen-bond donors (Lipinski definition) is 0. The van der Waals surface area contributed by atoms with Crippen LogP contribution in [0.2, 0.25) is 0 Å². The van der Waals surface area contributed by atoms with E-state index in [0.29, 0.717) is 5.92 Å². The summed E-state index contributed by atoms with van der Waals surface area (Å²) in [6.07, 6.45) is 0. The molecule has 0 amide bonds. The molecule has 11 aromatic rings. The molecule has 6 heteroatoms. The van der Waals surface area contributed by atoms with Gasteiger partial charge in [0, 0.05) is 46.0 Å². The largest absolute Gasteiger partial charge is 0.458 e. The number of anilines is 6. The molecule has 0 fully saturated rings. The van der Waals surface area contributed by atoms with Crippen LogP contribution in [0.5, 0.6) is 11.5 Å². The van der Waals surface area contributed by atoms with Crippen molar-refractivity contribution in [2.24, 2.45) is 0 Å². The van der Waals surface area contributed by atoms with Gasteiger partial charge in [0.1, 0.15) is 11.5 Å². The Morgan fingerprint density at radius 3 is 1.10 bits per heavy atom. The molecule has 0 saturated heterocycles. The van der Waals surface area contributed by atoms with Gasteiger partial charge >= 0.3 is 0 Å². The van der Waals surface area contributed by atoms with Gasteiger partial charge in [-0.3, -0.25) is 0 Å². The molecule has 376 valence electrons. The topological polar surface area (TPSA) is 15.7 Å². The number of fused-ring (bicyclic) bond motifs is 8. The monoisotopic (exact) mass is 1040 g/mol. The van der Waals surface area contributed by atoms with Gasteiger partial charge in [-0.05, 0) is 135 Å². The Morgan fingerprint density at radius 2 is 0.709 bits per heavy atom. The van der Waals surface area contributed by atoms with Crippen molar-refractivity contribution in [3.63, 3.8) is 0 Å². The zero-order chi connectivity index (χ0) is 52.7. The molecule has 5 aliphatic heterocycles. The van der Waals surface area contributed by atoms with E-state index in [9.17, 15) is 0 Å². The maximum Gasteiger partial charge on any atom is 0.257 e. The predicted octanol–water partition coefficient (Wildman–Crippen LogP) is 10.7. The number of nitrogens with zero attached hydrogens (tertiary/aromatic N) is 2. The minimum Gasteiger partial charge on any atom is -0.458 e. The lowest BCUT2D eigenvalue weighted by molar-refractivity contribution is 0.487. The number of ether oxygens (including phenoxy) is 1. The van der Waals surface area contributed by atoms with Crippen LogP contribution in [0, 0.1) is 0 Å². The summed E-state index contributed by atoms with van der Waals surface area (Å²) in [6, 6.07) is 98.6. The molecule has 0 radical (unpaired) electrons. The molecular formula is C73H57BN2OSi2. The highest BCUT2D eigenvalue weighted by molar-refractivity contribution is 7.22. The summed E-state index contributed by atoms with van der Waals surface area (Å²) in [5.41, 5.74) is 17.8. The second-order valence-corrected chi connectivity index (χ2v) is 30.3. The third-order valence-corrected chi connectivity index (χ3v) is 28.5. The molecular weight excluding hydrogens is 988 g/mol. The van der Waals surface area contributed by atoms with E-state index in [-0.39, 0.29) is 18.5 Å². The zero-order valence-electron chi connectivity index (χ0n) is 44.9. The minimum atomic E-state index is -2.95. The SMILES string of the molecule is CC(C)c1cc2c3c(c1)C(C)c1ccc4c(c1)N(c1ccccc1[Si]4(c1ccccc1)c1ccccc1)c1cccc4c1B3c1c(cccc1N1c3ccccc3[Si](c3ccccc3)(c3ccccc3)c3ccc(cc31)C2C)O4. The highest BCUT2D eigenvalue weighted by Gasteiger charge is 2.53. The maximum atomic E-state index is 7.59. The van der Waals surface area contributed by atoms with Gasteiger partial charge in [-0.15, -0.1) is 0 Å². The van der Waals surface area contributed by atoms with Crippen molar-refractivity contribution in [2.45, 2.75) is 45.4 Å². The number of para-hydroxylation sites is 2. The Balaban J connectivity index is 1.06. The predicted molar refractivity (Wildman–Crippen MR) is 337 cm³/mol. The van der Waals surface area contributed by atoms with Gasteiger partial charge in [0.2, 0.25) is 0 Å². The standard InChI is InChI=1S/C73H57BN2OSi2/c1-47(2)52-43-57-48(3)50-39-41-69-63(45-50)75(59-31-17-19-37-67(59)78(69,53-23-9-5-10-24-53)54-25-11-6-12-26-54)61-33-21-35-65-72(61)74-71(57)58(44-52)49(4)51-40-42-70-64(46-51)76(62-34-22-36-66(77-65)73(62)74)60-32-18-20-38-68(60)79(70,55-27-13-7-14-28-55)56-29-15-8-16-30-56/h5-49H,1-4H3. The lowest BCUT2D eigenvalue weighted by Crippen LogP contribution is -2.77. The van der Waals surface area contributed by atoms with Crippen molar-refractivity contribution >= 4 is 115 Å². The molecule has 79 heavy (non-hydrogen) atoms. The van der Waals surface area contributed by atoms with Gasteiger partial charge in [-0.25, -0.2) is 0 Å². The van der Waals surface area contributed by atoms with E-state index in [1.165, 1.54) is 108 Å². The summed E-state index contributed by atoms with van der Waals surface area (Å²) in [5.74, 6) is 2.21. The molecule has 0 aliphatic carbocycles. The molecule has 0 saturated carbocycles. The summed E-state index contributed by atoms with van der Waals surface area (Å²) < 4.78 is 7.59. The maximum absolute atomic E-state index is 7.59. The van der Waals surface area contributed by atoms with Gasteiger partial charge in [0.05, 0.1) is 0 Å². The molecule has 5 heterocycles. The minimum absolute atomic E-state index is 0.0422. The Bertz CT molecular complexity index is 3930. The first-order valence-electron chi connectivity index (χ1n) is 28.3. The van der Waals surface area contributed by atoms with Crippen LogP contribution in [0.1, 0.15) is 73.3 Å². The second-order valence-electron chi connectivity index (χ2n) is 22.8. The van der Waals surface area contributed by atoms with Crippen LogP contribution in [0.25, 0.3) is 0 Å². The Morgan fingerprint density at radius 1 is 0.354 bits per heavy atom. The molecule has 0 spiro atoms. The van der Waals surface area contributed by atoms with E-state index < -0.39 is 16.1 Å². The number of hydrogen-bond acceptors (Lipinski definition) is 3. The van der Waals surface area contributed by atoms with Crippen LogP contribution < -0.4 is 72.4 Å². The van der Waals surface area contributed by atoms with E-state index in [4.69, 9.17) is 4.74 Å². The van der Waals surface area contributed by atoms with Gasteiger partial charge < -0.3 is 14.5 Å². The fourth-order valence-corrected chi connectivity index (χ4v) is 25.4. The quantitative estimate of drug-likeness (QED) is 0.160.